The fourth-order valence-corrected chi connectivity index (χ4v) is 4.75. The highest BCUT2D eigenvalue weighted by Gasteiger charge is 2.30. The molecule has 29 heavy (non-hydrogen) atoms. The maximum absolute atomic E-state index is 12.2. The molecule has 2 heterocycles. The largest absolute Gasteiger partial charge is 0.493 e. The highest BCUT2D eigenvalue weighted by atomic mass is 32.2. The molecule has 0 bridgehead atoms. The van der Waals surface area contributed by atoms with Crippen molar-refractivity contribution in [3.63, 3.8) is 0 Å². The molecule has 1 aromatic heterocycles. The first-order chi connectivity index (χ1) is 14.1. The van der Waals surface area contributed by atoms with Gasteiger partial charge in [-0.2, -0.15) is 0 Å². The van der Waals surface area contributed by atoms with Crippen molar-refractivity contribution in [2.24, 2.45) is 0 Å². The monoisotopic (exact) mass is 414 g/mol. The molecule has 0 spiro atoms. The molecule has 3 unspecified atom stereocenters. The van der Waals surface area contributed by atoms with Crippen LogP contribution in [0.3, 0.4) is 0 Å². The van der Waals surface area contributed by atoms with Crippen LogP contribution in [0.1, 0.15) is 17.4 Å². The number of methoxy groups -OCH3 is 1. The smallest absolute Gasteiger partial charge is 0.178 e. The van der Waals surface area contributed by atoms with Crippen molar-refractivity contribution in [2.75, 3.05) is 26.7 Å². The topological polar surface area (TPSA) is 63.9 Å². The van der Waals surface area contributed by atoms with Gasteiger partial charge in [0.2, 0.25) is 0 Å². The highest BCUT2D eigenvalue weighted by molar-refractivity contribution is 7.79. The Hall–Kier alpha value is -2.35. The van der Waals surface area contributed by atoms with E-state index < -0.39 is 16.5 Å². The molecule has 154 valence electrons. The van der Waals surface area contributed by atoms with Crippen LogP contribution in [0.15, 0.2) is 54.7 Å². The molecule has 2 aromatic carbocycles. The first-order valence-corrected chi connectivity index (χ1v) is 10.9. The van der Waals surface area contributed by atoms with Gasteiger partial charge in [-0.3, -0.25) is 4.90 Å². The second kappa shape index (κ2) is 8.57. The van der Waals surface area contributed by atoms with Crippen LogP contribution in [0.25, 0.3) is 10.9 Å². The van der Waals surface area contributed by atoms with Gasteiger partial charge in [-0.1, -0.05) is 30.3 Å². The summed E-state index contributed by atoms with van der Waals surface area (Å²) in [5.74, 6) is 1.45. The van der Waals surface area contributed by atoms with Gasteiger partial charge >= 0.3 is 0 Å². The second-order valence-electron chi connectivity index (χ2n) is 7.41. The Kier molecular flexibility index (Phi) is 5.89. The zero-order chi connectivity index (χ0) is 20.4. The van der Waals surface area contributed by atoms with Gasteiger partial charge in [0.05, 0.1) is 7.11 Å². The summed E-state index contributed by atoms with van der Waals surface area (Å²) in [6, 6.07) is 15.6. The second-order valence-corrected chi connectivity index (χ2v) is 8.50. The summed E-state index contributed by atoms with van der Waals surface area (Å²) in [5.41, 5.74) is 2.09. The number of likely N-dealkylation sites (tertiary alicyclic amines) is 1. The number of fused-ring (bicyclic) bond motifs is 1. The molecule has 0 aliphatic carbocycles. The van der Waals surface area contributed by atoms with E-state index in [1.807, 2.05) is 66.2 Å². The van der Waals surface area contributed by atoms with Gasteiger partial charge in [-0.15, -0.1) is 0 Å². The maximum Gasteiger partial charge on any atom is 0.178 e. The fraction of sp³-hybridized carbons (Fsp3) is 0.364. The van der Waals surface area contributed by atoms with Crippen molar-refractivity contribution in [1.82, 2.24) is 9.47 Å². The summed E-state index contributed by atoms with van der Waals surface area (Å²) in [5, 5.41) is 0.584. The standard InChI is InChI=1S/C22H26N2O4S/c1-16-13-24(19-8-4-3-7-18(16)19)22(29(25)26)15-23-12-11-17(14-23)28-21-10-6-5-9-20(21)27-2/h3-10,13,17,22H,11-12,14-15H2,1-2H3,(H,25,26). The van der Waals surface area contributed by atoms with Crippen LogP contribution in [0.5, 0.6) is 11.5 Å². The lowest BCUT2D eigenvalue weighted by Crippen LogP contribution is -2.32. The minimum atomic E-state index is -1.99. The van der Waals surface area contributed by atoms with Crippen molar-refractivity contribution in [3.8, 4) is 11.5 Å². The Labute approximate surface area is 173 Å². The fourth-order valence-electron chi connectivity index (χ4n) is 4.04. The quantitative estimate of drug-likeness (QED) is 0.595. The summed E-state index contributed by atoms with van der Waals surface area (Å²) in [7, 11) is 1.63. The van der Waals surface area contributed by atoms with Crippen LogP contribution < -0.4 is 9.47 Å². The van der Waals surface area contributed by atoms with E-state index in [0.717, 1.165) is 40.9 Å². The molecular formula is C22H26N2O4S. The van der Waals surface area contributed by atoms with Crippen LogP contribution in [0.4, 0.5) is 0 Å². The Balaban J connectivity index is 1.48. The lowest BCUT2D eigenvalue weighted by molar-refractivity contribution is 0.190. The van der Waals surface area contributed by atoms with E-state index in [1.54, 1.807) is 7.11 Å². The van der Waals surface area contributed by atoms with E-state index in [2.05, 4.69) is 4.90 Å². The third-order valence-corrected chi connectivity index (χ3v) is 6.33. The predicted octanol–water partition coefficient (Wildman–Crippen LogP) is 3.83. The van der Waals surface area contributed by atoms with E-state index in [4.69, 9.17) is 9.47 Å². The molecule has 3 atom stereocenters. The third kappa shape index (κ3) is 4.17. The first-order valence-electron chi connectivity index (χ1n) is 9.74. The van der Waals surface area contributed by atoms with Crippen LogP contribution in [-0.4, -0.2) is 51.1 Å². The normalized spacial score (nSPS) is 19.3. The molecular weight excluding hydrogens is 388 g/mol. The minimum Gasteiger partial charge on any atom is -0.493 e. The molecule has 1 aliphatic rings. The summed E-state index contributed by atoms with van der Waals surface area (Å²) >= 11 is -1.99. The summed E-state index contributed by atoms with van der Waals surface area (Å²) in [4.78, 5) is 2.20. The number of aryl methyl sites for hydroxylation is 1. The first kappa shape index (κ1) is 19.9. The van der Waals surface area contributed by atoms with E-state index in [1.165, 1.54) is 0 Å². The van der Waals surface area contributed by atoms with E-state index in [9.17, 15) is 8.76 Å². The molecule has 7 heteroatoms. The Morgan fingerprint density at radius 1 is 1.17 bits per heavy atom. The van der Waals surface area contributed by atoms with Crippen LogP contribution in [0, 0.1) is 6.92 Å². The van der Waals surface area contributed by atoms with Crippen molar-refractivity contribution >= 4 is 22.0 Å². The number of hydrogen-bond acceptors (Lipinski definition) is 4. The van der Waals surface area contributed by atoms with E-state index in [0.29, 0.717) is 13.1 Å². The number of hydrogen-bond donors (Lipinski definition) is 1. The molecule has 3 aromatic rings. The Morgan fingerprint density at radius 3 is 2.66 bits per heavy atom. The molecule has 4 rings (SSSR count). The number of benzene rings is 2. The zero-order valence-electron chi connectivity index (χ0n) is 16.7. The summed E-state index contributed by atoms with van der Waals surface area (Å²) in [6.07, 6.45) is 2.87. The highest BCUT2D eigenvalue weighted by Crippen LogP contribution is 2.30. The third-order valence-electron chi connectivity index (χ3n) is 5.49. The van der Waals surface area contributed by atoms with Crippen LogP contribution in [-0.2, 0) is 11.1 Å². The van der Waals surface area contributed by atoms with E-state index in [-0.39, 0.29) is 6.10 Å². The predicted molar refractivity (Wildman–Crippen MR) is 115 cm³/mol. The van der Waals surface area contributed by atoms with Gasteiger partial charge < -0.3 is 18.6 Å². The van der Waals surface area contributed by atoms with Crippen LogP contribution in [0.2, 0.25) is 0 Å². The van der Waals surface area contributed by atoms with Gasteiger partial charge in [-0.05, 0) is 37.1 Å². The number of rotatable bonds is 7. The molecule has 1 N–H and O–H groups in total. The average Bonchev–Trinajstić information content (AvgIpc) is 3.31. The lowest BCUT2D eigenvalue weighted by atomic mass is 10.2. The van der Waals surface area contributed by atoms with Gasteiger partial charge in [-0.25, -0.2) is 4.21 Å². The summed E-state index contributed by atoms with van der Waals surface area (Å²) < 4.78 is 35.7. The number of nitrogens with zero attached hydrogens (tertiary/aromatic N) is 2. The Bertz CT molecular complexity index is 1020. The summed E-state index contributed by atoms with van der Waals surface area (Å²) in [6.45, 7) is 4.06. The molecule has 6 nitrogen and oxygen atoms in total. The molecule has 0 radical (unpaired) electrons. The van der Waals surface area contributed by atoms with Gasteiger partial charge in [0, 0.05) is 36.7 Å². The van der Waals surface area contributed by atoms with Gasteiger partial charge in [0.1, 0.15) is 11.5 Å². The number of aromatic nitrogens is 1. The van der Waals surface area contributed by atoms with Crippen molar-refractivity contribution in [2.45, 2.75) is 24.8 Å². The lowest BCUT2D eigenvalue weighted by Gasteiger charge is -2.23. The van der Waals surface area contributed by atoms with E-state index >= 15 is 0 Å². The number of para-hydroxylation sites is 3. The molecule has 1 fully saturated rings. The molecule has 1 saturated heterocycles. The van der Waals surface area contributed by atoms with Crippen molar-refractivity contribution in [1.29, 1.82) is 0 Å². The zero-order valence-corrected chi connectivity index (χ0v) is 17.5. The SMILES string of the molecule is COc1ccccc1OC1CCN(CC(n2cc(C)c3ccccc32)S(=O)O)C1. The minimum absolute atomic E-state index is 0.0298. The van der Waals surface area contributed by atoms with Gasteiger partial charge in [0.15, 0.2) is 22.6 Å². The Morgan fingerprint density at radius 2 is 1.90 bits per heavy atom. The average molecular weight is 415 g/mol. The molecule has 1 aliphatic heterocycles. The maximum atomic E-state index is 12.2. The van der Waals surface area contributed by atoms with Crippen molar-refractivity contribution in [3.05, 3.63) is 60.3 Å². The number of ether oxygens (including phenoxy) is 2. The van der Waals surface area contributed by atoms with Gasteiger partial charge in [0.25, 0.3) is 0 Å². The molecule has 0 amide bonds. The molecule has 0 saturated carbocycles. The van der Waals surface area contributed by atoms with Crippen LogP contribution >= 0.6 is 0 Å². The van der Waals surface area contributed by atoms with Crippen molar-refractivity contribution < 1.29 is 18.2 Å².